The molecular weight excluding hydrogens is 372 g/mol. The van der Waals surface area contributed by atoms with Gasteiger partial charge >= 0.3 is 5.97 Å². The minimum atomic E-state index is -0.918. The Morgan fingerprint density at radius 3 is 2.07 bits per heavy atom. The SMILES string of the molecule is CCOC(=O)C(Cc1ccc(O)cc1)NC(=O)C(Cc1ccccc1)NC(C)=O. The van der Waals surface area contributed by atoms with Gasteiger partial charge in [0, 0.05) is 19.8 Å². The van der Waals surface area contributed by atoms with Gasteiger partial charge in [-0.2, -0.15) is 0 Å². The molecular formula is C22H26N2O5. The molecule has 29 heavy (non-hydrogen) atoms. The average molecular weight is 398 g/mol. The molecule has 0 saturated carbocycles. The van der Waals surface area contributed by atoms with E-state index in [1.54, 1.807) is 19.1 Å². The summed E-state index contributed by atoms with van der Waals surface area (Å²) in [7, 11) is 0. The minimum absolute atomic E-state index is 0.110. The fourth-order valence-corrected chi connectivity index (χ4v) is 2.88. The summed E-state index contributed by atoms with van der Waals surface area (Å²) in [4.78, 5) is 36.8. The number of hydrogen-bond donors (Lipinski definition) is 3. The van der Waals surface area contributed by atoms with Crippen LogP contribution >= 0.6 is 0 Å². The zero-order chi connectivity index (χ0) is 21.2. The van der Waals surface area contributed by atoms with Crippen molar-refractivity contribution in [2.45, 2.75) is 38.8 Å². The van der Waals surface area contributed by atoms with Crippen LogP contribution in [0.4, 0.5) is 0 Å². The largest absolute Gasteiger partial charge is 0.508 e. The van der Waals surface area contributed by atoms with Crippen molar-refractivity contribution in [3.8, 4) is 5.75 Å². The third-order valence-corrected chi connectivity index (χ3v) is 4.24. The van der Waals surface area contributed by atoms with Crippen LogP contribution in [0, 0.1) is 0 Å². The molecule has 0 aliphatic rings. The van der Waals surface area contributed by atoms with E-state index in [0.717, 1.165) is 11.1 Å². The predicted molar refractivity (Wildman–Crippen MR) is 108 cm³/mol. The Hall–Kier alpha value is -3.35. The Morgan fingerprint density at radius 1 is 0.897 bits per heavy atom. The van der Waals surface area contributed by atoms with Crippen molar-refractivity contribution in [3.63, 3.8) is 0 Å². The van der Waals surface area contributed by atoms with Gasteiger partial charge in [0.05, 0.1) is 6.61 Å². The fourth-order valence-electron chi connectivity index (χ4n) is 2.88. The molecule has 0 aromatic heterocycles. The highest BCUT2D eigenvalue weighted by molar-refractivity contribution is 5.90. The molecule has 7 nitrogen and oxygen atoms in total. The maximum Gasteiger partial charge on any atom is 0.328 e. The fraction of sp³-hybridized carbons (Fsp3) is 0.318. The van der Waals surface area contributed by atoms with E-state index >= 15 is 0 Å². The predicted octanol–water partition coefficient (Wildman–Crippen LogP) is 1.73. The molecule has 0 heterocycles. The lowest BCUT2D eigenvalue weighted by Crippen LogP contribution is -2.53. The summed E-state index contributed by atoms with van der Waals surface area (Å²) >= 11 is 0. The van der Waals surface area contributed by atoms with E-state index in [2.05, 4.69) is 10.6 Å². The van der Waals surface area contributed by atoms with E-state index < -0.39 is 24.0 Å². The number of carbonyl (C=O) groups is 3. The summed E-state index contributed by atoms with van der Waals surface area (Å²) in [6.07, 6.45) is 0.490. The first-order chi connectivity index (χ1) is 13.9. The maximum atomic E-state index is 12.9. The van der Waals surface area contributed by atoms with Crippen LogP contribution in [0.15, 0.2) is 54.6 Å². The van der Waals surface area contributed by atoms with E-state index in [1.165, 1.54) is 19.1 Å². The number of phenolic OH excluding ortho intramolecular Hbond substituents is 1. The Morgan fingerprint density at radius 2 is 1.48 bits per heavy atom. The number of aromatic hydroxyl groups is 1. The van der Waals surface area contributed by atoms with E-state index in [1.807, 2.05) is 30.3 Å². The zero-order valence-electron chi connectivity index (χ0n) is 16.6. The van der Waals surface area contributed by atoms with Crippen LogP contribution < -0.4 is 10.6 Å². The van der Waals surface area contributed by atoms with Crippen molar-refractivity contribution < 1.29 is 24.2 Å². The van der Waals surface area contributed by atoms with Crippen molar-refractivity contribution in [1.29, 1.82) is 0 Å². The molecule has 2 unspecified atom stereocenters. The van der Waals surface area contributed by atoms with Crippen LogP contribution in [0.1, 0.15) is 25.0 Å². The van der Waals surface area contributed by atoms with Crippen LogP contribution in [0.25, 0.3) is 0 Å². The topological polar surface area (TPSA) is 105 Å². The van der Waals surface area contributed by atoms with Crippen molar-refractivity contribution >= 4 is 17.8 Å². The van der Waals surface area contributed by atoms with E-state index in [-0.39, 0.29) is 24.7 Å². The van der Waals surface area contributed by atoms with E-state index in [4.69, 9.17) is 4.74 Å². The number of ether oxygens (including phenoxy) is 1. The number of hydrogen-bond acceptors (Lipinski definition) is 5. The number of phenols is 1. The highest BCUT2D eigenvalue weighted by atomic mass is 16.5. The number of benzene rings is 2. The molecule has 2 aromatic rings. The van der Waals surface area contributed by atoms with Crippen LogP contribution in [0.2, 0.25) is 0 Å². The molecule has 2 amide bonds. The molecule has 0 spiro atoms. The Balaban J connectivity index is 2.15. The minimum Gasteiger partial charge on any atom is -0.508 e. The quantitative estimate of drug-likeness (QED) is 0.558. The monoisotopic (exact) mass is 398 g/mol. The molecule has 154 valence electrons. The van der Waals surface area contributed by atoms with Crippen LogP contribution in [-0.2, 0) is 32.0 Å². The Labute approximate surface area is 170 Å². The average Bonchev–Trinajstić information content (AvgIpc) is 2.69. The molecule has 2 atom stereocenters. The summed E-state index contributed by atoms with van der Waals surface area (Å²) in [6.45, 7) is 3.21. The number of nitrogens with one attached hydrogen (secondary N) is 2. The van der Waals surface area contributed by atoms with Gasteiger partial charge in [-0.1, -0.05) is 42.5 Å². The Kier molecular flexibility index (Phi) is 8.21. The first-order valence-corrected chi connectivity index (χ1v) is 9.45. The summed E-state index contributed by atoms with van der Waals surface area (Å²) in [5, 5.41) is 14.8. The number of esters is 1. The van der Waals surface area contributed by atoms with Crippen LogP contribution in [0.5, 0.6) is 5.75 Å². The smallest absolute Gasteiger partial charge is 0.328 e. The van der Waals surface area contributed by atoms with Gasteiger partial charge in [0.15, 0.2) is 0 Å². The van der Waals surface area contributed by atoms with E-state index in [0.29, 0.717) is 6.42 Å². The molecule has 0 aliphatic heterocycles. The Bertz CT molecular complexity index is 821. The molecule has 0 aliphatic carbocycles. The van der Waals surface area contributed by atoms with Gasteiger partial charge in [-0.3, -0.25) is 9.59 Å². The summed E-state index contributed by atoms with van der Waals surface area (Å²) < 4.78 is 5.09. The highest BCUT2D eigenvalue weighted by Gasteiger charge is 2.27. The summed E-state index contributed by atoms with van der Waals surface area (Å²) in [5.41, 5.74) is 1.63. The lowest BCUT2D eigenvalue weighted by Gasteiger charge is -2.22. The first kappa shape index (κ1) is 21.9. The molecule has 0 bridgehead atoms. The third-order valence-electron chi connectivity index (χ3n) is 4.24. The zero-order valence-corrected chi connectivity index (χ0v) is 16.6. The van der Waals surface area contributed by atoms with Gasteiger partial charge < -0.3 is 20.5 Å². The van der Waals surface area contributed by atoms with Crippen molar-refractivity contribution in [1.82, 2.24) is 10.6 Å². The lowest BCUT2D eigenvalue weighted by molar-refractivity contribution is -0.147. The summed E-state index contributed by atoms with van der Waals surface area (Å²) in [6, 6.07) is 13.9. The molecule has 2 aromatic carbocycles. The molecule has 0 fully saturated rings. The standard InChI is InChI=1S/C22H26N2O5/c1-3-29-22(28)20(14-17-9-11-18(26)12-10-17)24-21(27)19(23-15(2)25)13-16-7-5-4-6-8-16/h4-12,19-20,26H,3,13-14H2,1-2H3,(H,23,25)(H,24,27). The lowest BCUT2D eigenvalue weighted by atomic mass is 10.0. The second-order valence-corrected chi connectivity index (χ2v) is 6.63. The molecule has 0 saturated heterocycles. The van der Waals surface area contributed by atoms with Crippen LogP contribution in [0.3, 0.4) is 0 Å². The van der Waals surface area contributed by atoms with E-state index in [9.17, 15) is 19.5 Å². The second kappa shape index (κ2) is 10.8. The highest BCUT2D eigenvalue weighted by Crippen LogP contribution is 2.12. The number of rotatable bonds is 9. The molecule has 3 N–H and O–H groups in total. The number of amides is 2. The van der Waals surface area contributed by atoms with Gasteiger partial charge in [-0.15, -0.1) is 0 Å². The molecule has 2 rings (SSSR count). The van der Waals surface area contributed by atoms with Crippen molar-refractivity contribution in [3.05, 3.63) is 65.7 Å². The van der Waals surface area contributed by atoms with Gasteiger partial charge in [0.1, 0.15) is 17.8 Å². The van der Waals surface area contributed by atoms with Crippen molar-refractivity contribution in [2.24, 2.45) is 0 Å². The number of carbonyl (C=O) groups excluding carboxylic acids is 3. The maximum absolute atomic E-state index is 12.9. The second-order valence-electron chi connectivity index (χ2n) is 6.63. The molecule has 0 radical (unpaired) electrons. The van der Waals surface area contributed by atoms with Crippen molar-refractivity contribution in [2.75, 3.05) is 6.61 Å². The molecule has 7 heteroatoms. The normalized spacial score (nSPS) is 12.5. The van der Waals surface area contributed by atoms with Gasteiger partial charge in [-0.05, 0) is 30.2 Å². The van der Waals surface area contributed by atoms with Gasteiger partial charge in [0.2, 0.25) is 11.8 Å². The van der Waals surface area contributed by atoms with Gasteiger partial charge in [-0.25, -0.2) is 4.79 Å². The first-order valence-electron chi connectivity index (χ1n) is 9.45. The van der Waals surface area contributed by atoms with Gasteiger partial charge in [0.25, 0.3) is 0 Å². The summed E-state index contributed by atoms with van der Waals surface area (Å²) in [5.74, 6) is -1.26. The van der Waals surface area contributed by atoms with Crippen LogP contribution in [-0.4, -0.2) is 41.6 Å². The third kappa shape index (κ3) is 7.29.